The number of nitrogens with zero attached hydrogens (tertiary/aromatic N) is 1. The van der Waals surface area contributed by atoms with Gasteiger partial charge in [0.1, 0.15) is 17.4 Å². The molecule has 1 amide bonds. The largest absolute Gasteiger partial charge is 0.465 e. The van der Waals surface area contributed by atoms with E-state index in [0.717, 1.165) is 5.56 Å². The molecular formula is C18H16N2O2. The van der Waals surface area contributed by atoms with Crippen LogP contribution in [0.15, 0.2) is 70.9 Å². The van der Waals surface area contributed by atoms with Crippen molar-refractivity contribution in [1.29, 1.82) is 5.26 Å². The fourth-order valence-corrected chi connectivity index (χ4v) is 1.89. The Hall–Kier alpha value is -3.06. The third kappa shape index (κ3) is 4.22. The number of nitriles is 1. The lowest BCUT2D eigenvalue weighted by Gasteiger charge is -2.13. The molecule has 0 bridgehead atoms. The van der Waals surface area contributed by atoms with Crippen LogP contribution >= 0.6 is 0 Å². The van der Waals surface area contributed by atoms with Crippen LogP contribution < -0.4 is 5.32 Å². The quantitative estimate of drug-likeness (QED) is 0.520. The van der Waals surface area contributed by atoms with Gasteiger partial charge in [0, 0.05) is 0 Å². The molecule has 22 heavy (non-hydrogen) atoms. The number of furan rings is 1. The zero-order valence-corrected chi connectivity index (χ0v) is 12.2. The highest BCUT2D eigenvalue weighted by atomic mass is 16.3. The molecule has 0 saturated heterocycles. The van der Waals surface area contributed by atoms with E-state index in [0.29, 0.717) is 5.76 Å². The van der Waals surface area contributed by atoms with Crippen molar-refractivity contribution in [2.75, 3.05) is 0 Å². The molecule has 1 aromatic carbocycles. The van der Waals surface area contributed by atoms with E-state index in [1.54, 1.807) is 30.5 Å². The molecule has 2 aromatic rings. The Kier molecular flexibility index (Phi) is 5.33. The highest BCUT2D eigenvalue weighted by Crippen LogP contribution is 2.12. The third-order valence-corrected chi connectivity index (χ3v) is 3.08. The number of carbonyl (C=O) groups is 1. The van der Waals surface area contributed by atoms with Crippen molar-refractivity contribution in [1.82, 2.24) is 5.32 Å². The first-order valence-corrected chi connectivity index (χ1v) is 6.88. The van der Waals surface area contributed by atoms with Gasteiger partial charge in [0.25, 0.3) is 5.91 Å². The van der Waals surface area contributed by atoms with E-state index >= 15 is 0 Å². The van der Waals surface area contributed by atoms with Crippen LogP contribution in [0.25, 0.3) is 6.08 Å². The molecule has 1 aromatic heterocycles. The summed E-state index contributed by atoms with van der Waals surface area (Å²) in [7, 11) is 0. The van der Waals surface area contributed by atoms with Crippen molar-refractivity contribution in [2.45, 2.75) is 13.0 Å². The summed E-state index contributed by atoms with van der Waals surface area (Å²) in [5.74, 6) is 0.259. The second-order valence-electron chi connectivity index (χ2n) is 4.67. The molecule has 0 aliphatic carbocycles. The van der Waals surface area contributed by atoms with Gasteiger partial charge >= 0.3 is 0 Å². The first kappa shape index (κ1) is 15.3. The van der Waals surface area contributed by atoms with Crippen LogP contribution in [0.5, 0.6) is 0 Å². The van der Waals surface area contributed by atoms with E-state index in [9.17, 15) is 4.79 Å². The van der Waals surface area contributed by atoms with Gasteiger partial charge in [-0.25, -0.2) is 0 Å². The van der Waals surface area contributed by atoms with Gasteiger partial charge in [-0.15, -0.1) is 0 Å². The molecule has 0 aliphatic rings. The molecule has 0 aliphatic heterocycles. The lowest BCUT2D eigenvalue weighted by molar-refractivity contribution is -0.117. The summed E-state index contributed by atoms with van der Waals surface area (Å²) in [6.45, 7) is 1.88. The summed E-state index contributed by atoms with van der Waals surface area (Å²) in [5, 5.41) is 11.9. The minimum Gasteiger partial charge on any atom is -0.465 e. The average molecular weight is 292 g/mol. The van der Waals surface area contributed by atoms with Crippen molar-refractivity contribution >= 4 is 12.0 Å². The van der Waals surface area contributed by atoms with Gasteiger partial charge < -0.3 is 9.73 Å². The van der Waals surface area contributed by atoms with E-state index in [-0.39, 0.29) is 11.6 Å². The fraction of sp³-hybridized carbons (Fsp3) is 0.111. The smallest absolute Gasteiger partial charge is 0.262 e. The SMILES string of the molecule is C[C@H](NC(=O)/C(C#N)=C\C=C\c1ccco1)c1ccccc1. The van der Waals surface area contributed by atoms with Crippen LogP contribution in [0, 0.1) is 11.3 Å². The molecule has 4 nitrogen and oxygen atoms in total. The van der Waals surface area contributed by atoms with Gasteiger partial charge in [0.15, 0.2) is 0 Å². The zero-order valence-electron chi connectivity index (χ0n) is 12.2. The molecule has 0 unspecified atom stereocenters. The Morgan fingerprint density at radius 1 is 1.27 bits per heavy atom. The first-order chi connectivity index (χ1) is 10.7. The summed E-state index contributed by atoms with van der Waals surface area (Å²) in [5.41, 5.74) is 1.03. The molecule has 1 heterocycles. The summed E-state index contributed by atoms with van der Waals surface area (Å²) in [6, 6.07) is 14.9. The molecular weight excluding hydrogens is 276 g/mol. The topological polar surface area (TPSA) is 66.0 Å². The van der Waals surface area contributed by atoms with Crippen molar-refractivity contribution in [3.8, 4) is 6.07 Å². The normalized spacial score (nSPS) is 12.8. The maximum absolute atomic E-state index is 12.1. The molecule has 0 radical (unpaired) electrons. The van der Waals surface area contributed by atoms with Crippen LogP contribution in [0.1, 0.15) is 24.3 Å². The molecule has 4 heteroatoms. The van der Waals surface area contributed by atoms with E-state index in [2.05, 4.69) is 5.32 Å². The second-order valence-corrected chi connectivity index (χ2v) is 4.67. The summed E-state index contributed by atoms with van der Waals surface area (Å²) in [6.07, 6.45) is 6.33. The van der Waals surface area contributed by atoms with Crippen LogP contribution in [0.2, 0.25) is 0 Å². The van der Waals surface area contributed by atoms with Gasteiger partial charge in [-0.2, -0.15) is 5.26 Å². The standard InChI is InChI=1S/C18H16N2O2/c1-14(15-7-3-2-4-8-15)20-18(21)16(13-19)9-5-10-17-11-6-12-22-17/h2-12,14H,1H3,(H,20,21)/b10-5+,16-9-/t14-/m0/s1. The van der Waals surface area contributed by atoms with Crippen LogP contribution in [-0.4, -0.2) is 5.91 Å². The molecule has 0 saturated carbocycles. The lowest BCUT2D eigenvalue weighted by Crippen LogP contribution is -2.27. The number of hydrogen-bond donors (Lipinski definition) is 1. The van der Waals surface area contributed by atoms with Crippen molar-refractivity contribution < 1.29 is 9.21 Å². The second kappa shape index (κ2) is 7.65. The number of allylic oxidation sites excluding steroid dienone is 2. The molecule has 0 fully saturated rings. The first-order valence-electron chi connectivity index (χ1n) is 6.88. The van der Waals surface area contributed by atoms with E-state index in [4.69, 9.17) is 9.68 Å². The zero-order chi connectivity index (χ0) is 15.8. The minimum atomic E-state index is -0.400. The third-order valence-electron chi connectivity index (χ3n) is 3.08. The Labute approximate surface area is 129 Å². The van der Waals surface area contributed by atoms with Gasteiger partial charge in [-0.1, -0.05) is 36.4 Å². The maximum atomic E-state index is 12.1. The average Bonchev–Trinajstić information content (AvgIpc) is 3.05. The van der Waals surface area contributed by atoms with Crippen LogP contribution in [-0.2, 0) is 4.79 Å². The summed E-state index contributed by atoms with van der Waals surface area (Å²) in [4.78, 5) is 12.1. The maximum Gasteiger partial charge on any atom is 0.262 e. The van der Waals surface area contributed by atoms with Gasteiger partial charge in [0.05, 0.1) is 12.3 Å². The van der Waals surface area contributed by atoms with E-state index in [1.165, 1.54) is 6.08 Å². The Bertz CT molecular complexity index is 707. The number of rotatable bonds is 5. The minimum absolute atomic E-state index is 0.0468. The lowest BCUT2D eigenvalue weighted by atomic mass is 10.1. The monoisotopic (exact) mass is 292 g/mol. The van der Waals surface area contributed by atoms with E-state index in [1.807, 2.05) is 43.3 Å². The Morgan fingerprint density at radius 2 is 2.05 bits per heavy atom. The highest BCUT2D eigenvalue weighted by molar-refractivity contribution is 5.97. The predicted molar refractivity (Wildman–Crippen MR) is 84.4 cm³/mol. The summed E-state index contributed by atoms with van der Waals surface area (Å²) >= 11 is 0. The fourth-order valence-electron chi connectivity index (χ4n) is 1.89. The Morgan fingerprint density at radius 3 is 2.68 bits per heavy atom. The van der Waals surface area contributed by atoms with Crippen molar-refractivity contribution in [3.63, 3.8) is 0 Å². The van der Waals surface area contributed by atoms with Crippen molar-refractivity contribution in [2.24, 2.45) is 0 Å². The van der Waals surface area contributed by atoms with Gasteiger partial charge in [0.2, 0.25) is 0 Å². The van der Waals surface area contributed by atoms with E-state index < -0.39 is 5.91 Å². The number of amides is 1. The molecule has 0 spiro atoms. The summed E-state index contributed by atoms with van der Waals surface area (Å²) < 4.78 is 5.13. The number of carbonyl (C=O) groups excluding carboxylic acids is 1. The molecule has 2 rings (SSSR count). The molecule has 1 atom stereocenters. The number of nitrogens with one attached hydrogen (secondary N) is 1. The van der Waals surface area contributed by atoms with Gasteiger partial charge in [-0.05, 0) is 36.8 Å². The molecule has 1 N–H and O–H groups in total. The highest BCUT2D eigenvalue weighted by Gasteiger charge is 2.12. The van der Waals surface area contributed by atoms with Crippen LogP contribution in [0.3, 0.4) is 0 Å². The van der Waals surface area contributed by atoms with Gasteiger partial charge in [-0.3, -0.25) is 4.79 Å². The predicted octanol–water partition coefficient (Wildman–Crippen LogP) is 3.62. The van der Waals surface area contributed by atoms with Crippen molar-refractivity contribution in [3.05, 3.63) is 77.8 Å². The Balaban J connectivity index is 2.01. The van der Waals surface area contributed by atoms with Crippen LogP contribution in [0.4, 0.5) is 0 Å². The molecule has 110 valence electrons. The number of hydrogen-bond acceptors (Lipinski definition) is 3. The number of benzene rings is 1.